The van der Waals surface area contributed by atoms with Crippen molar-refractivity contribution in [3.8, 4) is 11.5 Å². The lowest BCUT2D eigenvalue weighted by Gasteiger charge is -2.29. The van der Waals surface area contributed by atoms with Crippen LogP contribution >= 0.6 is 0 Å². The predicted molar refractivity (Wildman–Crippen MR) is 116 cm³/mol. The van der Waals surface area contributed by atoms with Crippen molar-refractivity contribution in [2.24, 2.45) is 0 Å². The molecule has 1 saturated heterocycles. The van der Waals surface area contributed by atoms with E-state index in [0.717, 1.165) is 22.6 Å². The van der Waals surface area contributed by atoms with Gasteiger partial charge in [-0.25, -0.2) is 0 Å². The lowest BCUT2D eigenvalue weighted by molar-refractivity contribution is -0.136. The van der Waals surface area contributed by atoms with Crippen molar-refractivity contribution in [3.05, 3.63) is 85.0 Å². The Kier molecular flexibility index (Phi) is 7.27. The Balaban J connectivity index is 1.54. The molecule has 2 N–H and O–H groups in total. The van der Waals surface area contributed by atoms with E-state index in [1.54, 1.807) is 12.2 Å². The van der Waals surface area contributed by atoms with Gasteiger partial charge in [-0.3, -0.25) is 9.59 Å². The van der Waals surface area contributed by atoms with Gasteiger partial charge in [-0.2, -0.15) is 0 Å². The van der Waals surface area contributed by atoms with E-state index in [0.29, 0.717) is 26.1 Å². The van der Waals surface area contributed by atoms with E-state index in [-0.39, 0.29) is 11.8 Å². The van der Waals surface area contributed by atoms with Crippen LogP contribution in [0.4, 0.5) is 0 Å². The third-order valence-electron chi connectivity index (χ3n) is 4.73. The van der Waals surface area contributed by atoms with Gasteiger partial charge in [0.15, 0.2) is 0 Å². The van der Waals surface area contributed by atoms with E-state index in [4.69, 9.17) is 9.47 Å². The quantitative estimate of drug-likeness (QED) is 0.595. The van der Waals surface area contributed by atoms with E-state index in [1.807, 2.05) is 48.5 Å². The Labute approximate surface area is 176 Å². The molecule has 30 heavy (non-hydrogen) atoms. The molecule has 6 heteroatoms. The van der Waals surface area contributed by atoms with Crippen LogP contribution in [0.3, 0.4) is 0 Å². The molecule has 0 radical (unpaired) electrons. The number of ether oxygens (including phenoxy) is 2. The Morgan fingerprint density at radius 2 is 1.07 bits per heavy atom. The SMILES string of the molecule is C=CCOc1ccc(CC2NC(=O)C(Cc3ccc(OCC=C)cc3)NC2=O)cc1. The molecule has 2 aromatic carbocycles. The molecule has 2 unspecified atom stereocenters. The van der Waals surface area contributed by atoms with Gasteiger partial charge in [0.1, 0.15) is 36.8 Å². The molecule has 0 spiro atoms. The molecule has 1 heterocycles. The summed E-state index contributed by atoms with van der Waals surface area (Å²) in [6.45, 7) is 8.10. The van der Waals surface area contributed by atoms with Gasteiger partial charge in [-0.05, 0) is 35.4 Å². The second-order valence-electron chi connectivity index (χ2n) is 7.02. The zero-order valence-electron chi connectivity index (χ0n) is 16.8. The van der Waals surface area contributed by atoms with Crippen molar-refractivity contribution in [3.63, 3.8) is 0 Å². The minimum absolute atomic E-state index is 0.183. The number of hydrogen-bond donors (Lipinski definition) is 2. The molecule has 0 bridgehead atoms. The summed E-state index contributed by atoms with van der Waals surface area (Å²) >= 11 is 0. The van der Waals surface area contributed by atoms with E-state index >= 15 is 0 Å². The second-order valence-corrected chi connectivity index (χ2v) is 7.02. The average molecular weight is 406 g/mol. The smallest absolute Gasteiger partial charge is 0.243 e. The van der Waals surface area contributed by atoms with Gasteiger partial charge in [0.05, 0.1) is 0 Å². The minimum atomic E-state index is -0.594. The Morgan fingerprint density at radius 1 is 0.700 bits per heavy atom. The second kappa shape index (κ2) is 10.3. The zero-order valence-corrected chi connectivity index (χ0v) is 16.8. The van der Waals surface area contributed by atoms with E-state index in [1.165, 1.54) is 0 Å². The third-order valence-corrected chi connectivity index (χ3v) is 4.73. The first-order chi connectivity index (χ1) is 14.6. The fraction of sp³-hybridized carbons (Fsp3) is 0.250. The predicted octanol–water partition coefficient (Wildman–Crippen LogP) is 2.58. The third kappa shape index (κ3) is 5.73. The Bertz CT molecular complexity index is 815. The van der Waals surface area contributed by atoms with E-state index < -0.39 is 12.1 Å². The van der Waals surface area contributed by atoms with Crippen LogP contribution < -0.4 is 20.1 Å². The average Bonchev–Trinajstić information content (AvgIpc) is 2.76. The highest BCUT2D eigenvalue weighted by Crippen LogP contribution is 2.17. The summed E-state index contributed by atoms with van der Waals surface area (Å²) in [4.78, 5) is 25.1. The number of hydrogen-bond acceptors (Lipinski definition) is 4. The van der Waals surface area contributed by atoms with E-state index in [9.17, 15) is 9.59 Å². The van der Waals surface area contributed by atoms with Crippen LogP contribution in [-0.2, 0) is 22.4 Å². The number of piperazine rings is 1. The maximum Gasteiger partial charge on any atom is 0.243 e. The summed E-state index contributed by atoms with van der Waals surface area (Å²) < 4.78 is 10.9. The maximum absolute atomic E-state index is 12.5. The van der Waals surface area contributed by atoms with Gasteiger partial charge in [-0.1, -0.05) is 49.6 Å². The van der Waals surface area contributed by atoms with Crippen molar-refractivity contribution in [1.82, 2.24) is 10.6 Å². The Hall–Kier alpha value is -3.54. The van der Waals surface area contributed by atoms with Crippen molar-refractivity contribution < 1.29 is 19.1 Å². The number of carbonyl (C=O) groups is 2. The number of benzene rings is 2. The maximum atomic E-state index is 12.5. The molecule has 2 atom stereocenters. The molecule has 2 aromatic rings. The molecule has 1 aliphatic rings. The topological polar surface area (TPSA) is 76.7 Å². The van der Waals surface area contributed by atoms with Crippen molar-refractivity contribution in [1.29, 1.82) is 0 Å². The first-order valence-electron chi connectivity index (χ1n) is 9.85. The number of nitrogens with one attached hydrogen (secondary N) is 2. The molecular formula is C24H26N2O4. The first kappa shape index (κ1) is 21.2. The van der Waals surface area contributed by atoms with Gasteiger partial charge in [-0.15, -0.1) is 0 Å². The van der Waals surface area contributed by atoms with Gasteiger partial charge < -0.3 is 20.1 Å². The van der Waals surface area contributed by atoms with Crippen LogP contribution in [0.2, 0.25) is 0 Å². The first-order valence-corrected chi connectivity index (χ1v) is 9.85. The van der Waals surface area contributed by atoms with Gasteiger partial charge >= 0.3 is 0 Å². The summed E-state index contributed by atoms with van der Waals surface area (Å²) in [6.07, 6.45) is 4.19. The summed E-state index contributed by atoms with van der Waals surface area (Å²) in [5, 5.41) is 5.68. The molecule has 0 saturated carbocycles. The summed E-state index contributed by atoms with van der Waals surface area (Å²) in [6, 6.07) is 13.7. The van der Waals surface area contributed by atoms with Crippen LogP contribution in [0, 0.1) is 0 Å². The van der Waals surface area contributed by atoms with Gasteiger partial charge in [0.25, 0.3) is 0 Å². The van der Waals surface area contributed by atoms with Crippen LogP contribution in [0.15, 0.2) is 73.8 Å². The molecule has 1 fully saturated rings. The van der Waals surface area contributed by atoms with Gasteiger partial charge in [0.2, 0.25) is 11.8 Å². The number of carbonyl (C=O) groups excluding carboxylic acids is 2. The molecule has 2 amide bonds. The fourth-order valence-corrected chi connectivity index (χ4v) is 3.19. The number of rotatable bonds is 10. The largest absolute Gasteiger partial charge is 0.490 e. The van der Waals surface area contributed by atoms with Crippen molar-refractivity contribution in [2.45, 2.75) is 24.9 Å². The summed E-state index contributed by atoms with van der Waals surface area (Å²) in [5.41, 5.74) is 1.88. The molecular weight excluding hydrogens is 380 g/mol. The molecule has 156 valence electrons. The molecule has 3 rings (SSSR count). The highest BCUT2D eigenvalue weighted by Gasteiger charge is 2.33. The minimum Gasteiger partial charge on any atom is -0.490 e. The van der Waals surface area contributed by atoms with Crippen molar-refractivity contribution >= 4 is 11.8 Å². The summed E-state index contributed by atoms with van der Waals surface area (Å²) in [7, 11) is 0. The lowest BCUT2D eigenvalue weighted by Crippen LogP contribution is -2.62. The van der Waals surface area contributed by atoms with Crippen LogP contribution in [0.1, 0.15) is 11.1 Å². The molecule has 1 aliphatic heterocycles. The van der Waals surface area contributed by atoms with Crippen molar-refractivity contribution in [2.75, 3.05) is 13.2 Å². The lowest BCUT2D eigenvalue weighted by atomic mass is 9.98. The highest BCUT2D eigenvalue weighted by molar-refractivity contribution is 5.97. The van der Waals surface area contributed by atoms with Crippen LogP contribution in [0.5, 0.6) is 11.5 Å². The number of amides is 2. The summed E-state index contributed by atoms with van der Waals surface area (Å²) in [5.74, 6) is 1.10. The van der Waals surface area contributed by atoms with E-state index in [2.05, 4.69) is 23.8 Å². The van der Waals surface area contributed by atoms with Crippen LogP contribution in [-0.4, -0.2) is 37.1 Å². The highest BCUT2D eigenvalue weighted by atomic mass is 16.5. The zero-order chi connectivity index (χ0) is 21.3. The molecule has 0 aromatic heterocycles. The van der Waals surface area contributed by atoms with Crippen LogP contribution in [0.25, 0.3) is 0 Å². The standard InChI is InChI=1S/C24H26N2O4/c1-3-13-29-19-9-5-17(6-10-19)15-21-23(27)26-22(24(28)25-21)16-18-7-11-20(12-8-18)30-14-4-2/h3-12,21-22H,1-2,13-16H2,(H,25,28)(H,26,27). The van der Waals surface area contributed by atoms with Gasteiger partial charge in [0, 0.05) is 12.8 Å². The molecule has 6 nitrogen and oxygen atoms in total. The Morgan fingerprint density at radius 3 is 1.40 bits per heavy atom. The monoisotopic (exact) mass is 406 g/mol. The molecule has 0 aliphatic carbocycles. The normalized spacial score (nSPS) is 18.1. The fourth-order valence-electron chi connectivity index (χ4n) is 3.19.